The largest absolute Gasteiger partial charge is 0.348 e. The maximum absolute atomic E-state index is 11.1. The third-order valence-corrected chi connectivity index (χ3v) is 1.94. The van der Waals surface area contributed by atoms with Crippen molar-refractivity contribution in [2.24, 2.45) is 0 Å². The molecule has 1 aliphatic heterocycles. The molecule has 4 heteroatoms. The Morgan fingerprint density at radius 3 is 3.09 bits per heavy atom. The van der Waals surface area contributed by atoms with Gasteiger partial charge in [0.05, 0.1) is 5.56 Å². The summed E-state index contributed by atoms with van der Waals surface area (Å²) in [4.78, 5) is 15.0. The van der Waals surface area contributed by atoms with Crippen molar-refractivity contribution in [1.82, 2.24) is 10.3 Å². The number of carbonyl (C=O) groups excluding carboxylic acids is 1. The molecule has 0 spiro atoms. The topological polar surface area (TPSA) is 42.0 Å². The summed E-state index contributed by atoms with van der Waals surface area (Å²) in [6.07, 6.45) is 3.39. The van der Waals surface area contributed by atoms with Gasteiger partial charge in [0.2, 0.25) is 0 Å². The maximum Gasteiger partial charge on any atom is 0.253 e. The molecule has 0 aliphatic carbocycles. The first kappa shape index (κ1) is 6.40. The first-order valence-corrected chi connectivity index (χ1v) is 3.50. The Hall–Kier alpha value is -1.32. The van der Waals surface area contributed by atoms with Gasteiger partial charge in [0.25, 0.3) is 5.91 Å². The van der Waals surface area contributed by atoms with Gasteiger partial charge in [-0.15, -0.1) is 0 Å². The van der Waals surface area contributed by atoms with E-state index in [1.807, 2.05) is 7.85 Å². The van der Waals surface area contributed by atoms with Crippen LogP contribution in [0.4, 0.5) is 0 Å². The molecule has 1 aromatic heterocycles. The van der Waals surface area contributed by atoms with Gasteiger partial charge < -0.3 is 5.32 Å². The molecule has 0 bridgehead atoms. The van der Waals surface area contributed by atoms with E-state index in [1.54, 1.807) is 12.4 Å². The van der Waals surface area contributed by atoms with Gasteiger partial charge in [0, 0.05) is 18.9 Å². The van der Waals surface area contributed by atoms with Crippen LogP contribution in [0, 0.1) is 0 Å². The fraction of sp³-hybridized carbons (Fsp3) is 0.143. The van der Waals surface area contributed by atoms with E-state index < -0.39 is 0 Å². The Morgan fingerprint density at radius 2 is 2.36 bits per heavy atom. The molecular formula is C7H7BN2O. The van der Waals surface area contributed by atoms with Crippen molar-refractivity contribution < 1.29 is 4.79 Å². The first-order chi connectivity index (χ1) is 5.29. The Kier molecular flexibility index (Phi) is 1.21. The fourth-order valence-corrected chi connectivity index (χ4v) is 1.29. The molecule has 2 heterocycles. The molecule has 0 aromatic carbocycles. The summed E-state index contributed by atoms with van der Waals surface area (Å²) in [6, 6.07) is 0. The quantitative estimate of drug-likeness (QED) is 0.456. The van der Waals surface area contributed by atoms with Gasteiger partial charge in [0.15, 0.2) is 0 Å². The predicted octanol–water partition coefficient (Wildman–Crippen LogP) is -1.42. The van der Waals surface area contributed by atoms with Crippen molar-refractivity contribution in [3.8, 4) is 0 Å². The van der Waals surface area contributed by atoms with Crippen molar-refractivity contribution >= 4 is 19.2 Å². The second-order valence-electron chi connectivity index (χ2n) is 2.67. The van der Waals surface area contributed by atoms with Gasteiger partial charge in [-0.25, -0.2) is 0 Å². The van der Waals surface area contributed by atoms with E-state index in [1.165, 1.54) is 0 Å². The van der Waals surface area contributed by atoms with E-state index in [4.69, 9.17) is 0 Å². The van der Waals surface area contributed by atoms with Gasteiger partial charge in [-0.05, 0) is 5.56 Å². The van der Waals surface area contributed by atoms with Crippen LogP contribution < -0.4 is 10.8 Å². The van der Waals surface area contributed by atoms with E-state index >= 15 is 0 Å². The number of nitrogens with one attached hydrogen (secondary N) is 1. The lowest BCUT2D eigenvalue weighted by Gasteiger charge is -1.97. The number of pyridine rings is 1. The summed E-state index contributed by atoms with van der Waals surface area (Å²) in [6.45, 7) is 0.655. The minimum atomic E-state index is -0.00352. The highest BCUT2D eigenvalue weighted by atomic mass is 16.1. The van der Waals surface area contributed by atoms with Crippen LogP contribution in [0.1, 0.15) is 15.9 Å². The Labute approximate surface area is 65.2 Å². The highest BCUT2D eigenvalue weighted by Gasteiger charge is 2.19. The molecule has 1 aromatic rings. The van der Waals surface area contributed by atoms with E-state index in [0.29, 0.717) is 6.54 Å². The lowest BCUT2D eigenvalue weighted by Crippen LogP contribution is -2.12. The number of hydrogen-bond donors (Lipinski definition) is 1. The molecule has 2 rings (SSSR count). The highest BCUT2D eigenvalue weighted by Crippen LogP contribution is 2.09. The maximum atomic E-state index is 11.1. The summed E-state index contributed by atoms with van der Waals surface area (Å²) >= 11 is 0. The summed E-state index contributed by atoms with van der Waals surface area (Å²) in [5, 5.41) is 2.75. The zero-order valence-corrected chi connectivity index (χ0v) is 6.22. The first-order valence-electron chi connectivity index (χ1n) is 3.50. The average molecular weight is 146 g/mol. The summed E-state index contributed by atoms with van der Waals surface area (Å²) in [5.41, 5.74) is 2.90. The summed E-state index contributed by atoms with van der Waals surface area (Å²) in [5.74, 6) is -0.00352. The molecule has 11 heavy (non-hydrogen) atoms. The summed E-state index contributed by atoms with van der Waals surface area (Å²) in [7, 11) is 1.96. The number of aromatic nitrogens is 1. The SMILES string of the molecule is Bc1cncc2c1CNC2=O. The Morgan fingerprint density at radius 1 is 1.55 bits per heavy atom. The number of nitrogens with zero attached hydrogens (tertiary/aromatic N) is 1. The molecule has 0 saturated carbocycles. The van der Waals surface area contributed by atoms with Crippen molar-refractivity contribution in [2.45, 2.75) is 6.54 Å². The molecule has 1 aliphatic rings. The van der Waals surface area contributed by atoms with Crippen LogP contribution in [0.25, 0.3) is 0 Å². The molecule has 54 valence electrons. The number of fused-ring (bicyclic) bond motifs is 1. The zero-order chi connectivity index (χ0) is 7.84. The molecule has 0 unspecified atom stereocenters. The lowest BCUT2D eigenvalue weighted by molar-refractivity contribution is 0.0965. The summed E-state index contributed by atoms with van der Waals surface area (Å²) < 4.78 is 0. The van der Waals surface area contributed by atoms with Crippen LogP contribution >= 0.6 is 0 Å². The third-order valence-electron chi connectivity index (χ3n) is 1.94. The van der Waals surface area contributed by atoms with Gasteiger partial charge in [-0.2, -0.15) is 0 Å². The normalized spacial score (nSPS) is 14.4. The monoisotopic (exact) mass is 146 g/mol. The van der Waals surface area contributed by atoms with Crippen molar-refractivity contribution in [1.29, 1.82) is 0 Å². The molecule has 0 radical (unpaired) electrons. The Balaban J connectivity index is 2.66. The van der Waals surface area contributed by atoms with Crippen LogP contribution in [0.15, 0.2) is 12.4 Å². The molecule has 0 saturated heterocycles. The standard InChI is InChI=1S/C7H7BN2O/c8-6-3-9-1-5-4(6)2-10-7(5)11/h1,3H,2,8H2,(H,10,11). The van der Waals surface area contributed by atoms with E-state index in [2.05, 4.69) is 10.3 Å². The van der Waals surface area contributed by atoms with Gasteiger partial charge in [-0.3, -0.25) is 9.78 Å². The lowest BCUT2D eigenvalue weighted by atomic mass is 9.91. The second-order valence-corrected chi connectivity index (χ2v) is 2.67. The van der Waals surface area contributed by atoms with Crippen LogP contribution in [-0.4, -0.2) is 18.7 Å². The molecular weight excluding hydrogens is 139 g/mol. The highest BCUT2D eigenvalue weighted by molar-refractivity contribution is 6.34. The molecule has 1 N–H and O–H groups in total. The van der Waals surface area contributed by atoms with Crippen molar-refractivity contribution in [3.05, 3.63) is 23.5 Å². The van der Waals surface area contributed by atoms with Crippen molar-refractivity contribution in [2.75, 3.05) is 0 Å². The molecule has 1 amide bonds. The Bertz CT molecular complexity index is 324. The van der Waals surface area contributed by atoms with Gasteiger partial charge in [0.1, 0.15) is 7.85 Å². The van der Waals surface area contributed by atoms with Gasteiger partial charge >= 0.3 is 0 Å². The van der Waals surface area contributed by atoms with Crippen LogP contribution in [0.3, 0.4) is 0 Å². The number of amides is 1. The molecule has 0 atom stereocenters. The second kappa shape index (κ2) is 2.08. The third kappa shape index (κ3) is 0.825. The molecule has 3 nitrogen and oxygen atoms in total. The van der Waals surface area contributed by atoms with Crippen LogP contribution in [0.2, 0.25) is 0 Å². The van der Waals surface area contributed by atoms with Crippen LogP contribution in [0.5, 0.6) is 0 Å². The minimum Gasteiger partial charge on any atom is -0.348 e. The number of carbonyl (C=O) groups is 1. The van der Waals surface area contributed by atoms with Crippen LogP contribution in [-0.2, 0) is 6.54 Å². The van der Waals surface area contributed by atoms with E-state index in [-0.39, 0.29) is 5.91 Å². The van der Waals surface area contributed by atoms with Gasteiger partial charge in [-0.1, -0.05) is 5.46 Å². The smallest absolute Gasteiger partial charge is 0.253 e. The fourth-order valence-electron chi connectivity index (χ4n) is 1.29. The predicted molar refractivity (Wildman–Crippen MR) is 43.6 cm³/mol. The zero-order valence-electron chi connectivity index (χ0n) is 6.22. The number of rotatable bonds is 0. The van der Waals surface area contributed by atoms with Crippen molar-refractivity contribution in [3.63, 3.8) is 0 Å². The molecule has 0 fully saturated rings. The number of hydrogen-bond acceptors (Lipinski definition) is 2. The van der Waals surface area contributed by atoms with E-state index in [0.717, 1.165) is 16.6 Å². The average Bonchev–Trinajstić information content (AvgIpc) is 2.35. The van der Waals surface area contributed by atoms with E-state index in [9.17, 15) is 4.79 Å². The minimum absolute atomic E-state index is 0.00352.